The molecule has 3 aromatic rings. The first-order valence-corrected chi connectivity index (χ1v) is 19.1. The molecule has 0 spiro atoms. The molecule has 4 amide bonds. The smallest absolute Gasteiger partial charge is 0.407 e. The molecule has 4 N–H and O–H groups in total. The predicted molar refractivity (Wildman–Crippen MR) is 210 cm³/mol. The van der Waals surface area contributed by atoms with E-state index < -0.39 is 53.7 Å². The standard InChI is InChI=1S/C43H58N4O8/c1-29(2)38(40(50)44-36(27-31-16-11-8-12-17-31)41(51)47-20-22-54-23-21-47)46-39(49)33(24-32-18-13-19-34(25-32)53-6)28-37(48)35(26-30-14-9-7-10-15-30)45-42(52)55-43(3,4)5/h7-19,25,29,33,35-38,48H,20-24,26-28H2,1-6H3,(H,44,50)(H,45,52)(H,46,49)/t33-,35+,36+,37+,38+/m1/s1. The van der Waals surface area contributed by atoms with Crippen LogP contribution in [0.4, 0.5) is 4.79 Å². The van der Waals surface area contributed by atoms with E-state index in [0.717, 1.165) is 16.7 Å². The average Bonchev–Trinajstić information content (AvgIpc) is 3.16. The Bertz CT molecular complexity index is 1670. The molecule has 3 aromatic carbocycles. The molecule has 4 rings (SSSR count). The highest BCUT2D eigenvalue weighted by atomic mass is 16.6. The number of aliphatic hydroxyl groups excluding tert-OH is 1. The van der Waals surface area contributed by atoms with Gasteiger partial charge in [0.25, 0.3) is 0 Å². The van der Waals surface area contributed by atoms with Gasteiger partial charge in [0.2, 0.25) is 17.7 Å². The third-order valence-electron chi connectivity index (χ3n) is 9.44. The molecule has 1 aliphatic rings. The summed E-state index contributed by atoms with van der Waals surface area (Å²) in [5.74, 6) is -1.72. The van der Waals surface area contributed by atoms with E-state index in [1.54, 1.807) is 38.8 Å². The first kappa shape index (κ1) is 42.8. The molecule has 12 nitrogen and oxygen atoms in total. The Balaban J connectivity index is 1.59. The Morgan fingerprint density at radius 3 is 1.96 bits per heavy atom. The molecule has 55 heavy (non-hydrogen) atoms. The van der Waals surface area contributed by atoms with Gasteiger partial charge in [-0.25, -0.2) is 4.79 Å². The fourth-order valence-electron chi connectivity index (χ4n) is 6.55. The molecule has 0 radical (unpaired) electrons. The normalized spacial score (nSPS) is 15.9. The number of aliphatic hydroxyl groups is 1. The summed E-state index contributed by atoms with van der Waals surface area (Å²) in [6.45, 7) is 10.6. The van der Waals surface area contributed by atoms with Crippen molar-refractivity contribution in [2.75, 3.05) is 33.4 Å². The number of ether oxygens (including phenoxy) is 3. The van der Waals surface area contributed by atoms with Gasteiger partial charge in [-0.15, -0.1) is 0 Å². The van der Waals surface area contributed by atoms with Gasteiger partial charge in [0, 0.05) is 25.4 Å². The van der Waals surface area contributed by atoms with Crippen LogP contribution in [0.15, 0.2) is 84.9 Å². The molecule has 1 fully saturated rings. The molecular formula is C43H58N4O8. The van der Waals surface area contributed by atoms with Gasteiger partial charge in [0.05, 0.1) is 32.5 Å². The number of benzene rings is 3. The first-order chi connectivity index (χ1) is 26.2. The molecule has 298 valence electrons. The van der Waals surface area contributed by atoms with Crippen LogP contribution in [0, 0.1) is 11.8 Å². The Labute approximate surface area is 325 Å². The van der Waals surface area contributed by atoms with Crippen LogP contribution < -0.4 is 20.7 Å². The van der Waals surface area contributed by atoms with Gasteiger partial charge in [0.1, 0.15) is 23.4 Å². The van der Waals surface area contributed by atoms with Crippen molar-refractivity contribution in [3.8, 4) is 5.75 Å². The van der Waals surface area contributed by atoms with Crippen molar-refractivity contribution in [2.24, 2.45) is 11.8 Å². The fraction of sp³-hybridized carbons (Fsp3) is 0.488. The number of alkyl carbamates (subject to hydrolysis) is 1. The number of nitrogens with zero attached hydrogens (tertiary/aromatic N) is 1. The van der Waals surface area contributed by atoms with Crippen LogP contribution in [0.3, 0.4) is 0 Å². The van der Waals surface area contributed by atoms with Gasteiger partial charge < -0.3 is 40.2 Å². The number of carbonyl (C=O) groups is 4. The number of hydrogen-bond acceptors (Lipinski definition) is 8. The lowest BCUT2D eigenvalue weighted by atomic mass is 9.88. The van der Waals surface area contributed by atoms with Crippen LogP contribution in [0.25, 0.3) is 0 Å². The Morgan fingerprint density at radius 2 is 1.38 bits per heavy atom. The average molecular weight is 759 g/mol. The summed E-state index contributed by atoms with van der Waals surface area (Å²) in [7, 11) is 1.56. The Kier molecular flexibility index (Phi) is 16.1. The number of hydrogen-bond donors (Lipinski definition) is 4. The summed E-state index contributed by atoms with van der Waals surface area (Å²) in [6, 6.07) is 23.6. The zero-order valence-corrected chi connectivity index (χ0v) is 33.0. The summed E-state index contributed by atoms with van der Waals surface area (Å²) in [4.78, 5) is 56.9. The molecule has 1 aliphatic heterocycles. The molecule has 0 aliphatic carbocycles. The molecule has 5 atom stereocenters. The van der Waals surface area contributed by atoms with Crippen LogP contribution in [0.1, 0.15) is 57.7 Å². The zero-order valence-electron chi connectivity index (χ0n) is 33.0. The Morgan fingerprint density at radius 1 is 0.782 bits per heavy atom. The molecule has 0 aromatic heterocycles. The van der Waals surface area contributed by atoms with Crippen molar-refractivity contribution in [3.63, 3.8) is 0 Å². The summed E-state index contributed by atoms with van der Waals surface area (Å²) >= 11 is 0. The van der Waals surface area contributed by atoms with Crippen molar-refractivity contribution in [3.05, 3.63) is 102 Å². The molecule has 1 heterocycles. The number of methoxy groups -OCH3 is 1. The van der Waals surface area contributed by atoms with Crippen molar-refractivity contribution in [1.29, 1.82) is 0 Å². The van der Waals surface area contributed by atoms with Crippen LogP contribution in [-0.4, -0.2) is 97.1 Å². The van der Waals surface area contributed by atoms with Crippen molar-refractivity contribution < 1.29 is 38.5 Å². The van der Waals surface area contributed by atoms with Gasteiger partial charge in [-0.3, -0.25) is 14.4 Å². The third kappa shape index (κ3) is 14.0. The quantitative estimate of drug-likeness (QED) is 0.157. The van der Waals surface area contributed by atoms with Gasteiger partial charge in [-0.2, -0.15) is 0 Å². The molecule has 0 unspecified atom stereocenters. The summed E-state index contributed by atoms with van der Waals surface area (Å²) < 4.78 is 16.4. The van der Waals surface area contributed by atoms with E-state index in [2.05, 4.69) is 16.0 Å². The number of rotatable bonds is 17. The van der Waals surface area contributed by atoms with Crippen LogP contribution in [-0.2, 0) is 43.1 Å². The second-order valence-corrected chi connectivity index (χ2v) is 15.4. The first-order valence-electron chi connectivity index (χ1n) is 19.1. The topological polar surface area (TPSA) is 156 Å². The highest BCUT2D eigenvalue weighted by Gasteiger charge is 2.35. The van der Waals surface area contributed by atoms with Crippen LogP contribution in [0.5, 0.6) is 5.75 Å². The maximum Gasteiger partial charge on any atom is 0.407 e. The van der Waals surface area contributed by atoms with E-state index >= 15 is 0 Å². The van der Waals surface area contributed by atoms with Crippen molar-refractivity contribution in [1.82, 2.24) is 20.9 Å². The minimum absolute atomic E-state index is 0.0467. The van der Waals surface area contributed by atoms with E-state index in [0.29, 0.717) is 32.1 Å². The zero-order chi connectivity index (χ0) is 40.0. The largest absolute Gasteiger partial charge is 0.497 e. The van der Waals surface area contributed by atoms with Gasteiger partial charge in [0.15, 0.2) is 0 Å². The Hall–Kier alpha value is -4.94. The minimum Gasteiger partial charge on any atom is -0.497 e. The lowest BCUT2D eigenvalue weighted by molar-refractivity contribution is -0.141. The van der Waals surface area contributed by atoms with Gasteiger partial charge >= 0.3 is 6.09 Å². The maximum atomic E-state index is 14.4. The maximum absolute atomic E-state index is 14.4. The third-order valence-corrected chi connectivity index (χ3v) is 9.44. The predicted octanol–water partition coefficient (Wildman–Crippen LogP) is 4.47. The lowest BCUT2D eigenvalue weighted by Crippen LogP contribution is -2.58. The van der Waals surface area contributed by atoms with E-state index in [9.17, 15) is 24.3 Å². The fourth-order valence-corrected chi connectivity index (χ4v) is 6.55. The van der Waals surface area contributed by atoms with Gasteiger partial charge in [-0.05, 0) is 74.8 Å². The molecule has 0 saturated carbocycles. The summed E-state index contributed by atoms with van der Waals surface area (Å²) in [6.07, 6.45) is -1.14. The van der Waals surface area contributed by atoms with E-state index in [1.165, 1.54) is 0 Å². The van der Waals surface area contributed by atoms with E-state index in [4.69, 9.17) is 14.2 Å². The summed E-state index contributed by atoms with van der Waals surface area (Å²) in [5, 5.41) is 20.6. The molecular weight excluding hydrogens is 700 g/mol. The number of amides is 4. The SMILES string of the molecule is COc1cccc(C[C@H](C[C@H](O)[C@H](Cc2ccccc2)NC(=O)OC(C)(C)C)C(=O)N[C@H](C(=O)N[C@@H](Cc2ccccc2)C(=O)N2CCOCC2)C(C)C)c1. The van der Waals surface area contributed by atoms with E-state index in [-0.39, 0.29) is 37.5 Å². The van der Waals surface area contributed by atoms with Crippen LogP contribution >= 0.6 is 0 Å². The monoisotopic (exact) mass is 758 g/mol. The van der Waals surface area contributed by atoms with Crippen LogP contribution in [0.2, 0.25) is 0 Å². The highest BCUT2D eigenvalue weighted by molar-refractivity contribution is 5.93. The van der Waals surface area contributed by atoms with Gasteiger partial charge in [-0.1, -0.05) is 86.6 Å². The minimum atomic E-state index is -1.18. The summed E-state index contributed by atoms with van der Waals surface area (Å²) in [5.41, 5.74) is 1.79. The van der Waals surface area contributed by atoms with Crippen molar-refractivity contribution >= 4 is 23.8 Å². The molecule has 12 heteroatoms. The number of nitrogens with one attached hydrogen (secondary N) is 3. The van der Waals surface area contributed by atoms with Crippen molar-refractivity contribution in [2.45, 2.75) is 90.1 Å². The number of carbonyl (C=O) groups excluding carboxylic acids is 4. The number of morpholine rings is 1. The lowest BCUT2D eigenvalue weighted by Gasteiger charge is -2.32. The second kappa shape index (κ2) is 20.7. The highest BCUT2D eigenvalue weighted by Crippen LogP contribution is 2.23. The second-order valence-electron chi connectivity index (χ2n) is 15.4. The molecule has 1 saturated heterocycles. The van der Waals surface area contributed by atoms with E-state index in [1.807, 2.05) is 92.7 Å². The molecule has 0 bridgehead atoms.